The van der Waals surface area contributed by atoms with Gasteiger partial charge in [0.25, 0.3) is 0 Å². The summed E-state index contributed by atoms with van der Waals surface area (Å²) in [5.74, 6) is 0.00101. The zero-order chi connectivity index (χ0) is 15.1. The van der Waals surface area contributed by atoms with Crippen LogP contribution in [0.25, 0.3) is 10.9 Å². The van der Waals surface area contributed by atoms with Gasteiger partial charge in [0.1, 0.15) is 6.10 Å². The standard InChI is InChI=1S/C15H18N2O3S/c16-9-15(7-8-21(19,20)10-15)14(18)13-6-5-11-3-1-2-4-12(11)17-13/h1-6,14,18H,7-10,16H2. The summed E-state index contributed by atoms with van der Waals surface area (Å²) in [5.41, 5.74) is 6.23. The molecule has 1 aromatic carbocycles. The Balaban J connectivity index is 2.01. The predicted octanol–water partition coefficient (Wildman–Crippen LogP) is 1.03. The first kappa shape index (κ1) is 14.4. The average molecular weight is 306 g/mol. The van der Waals surface area contributed by atoms with Gasteiger partial charge >= 0.3 is 0 Å². The van der Waals surface area contributed by atoms with Crippen LogP contribution in [0, 0.1) is 5.41 Å². The van der Waals surface area contributed by atoms with Crippen molar-refractivity contribution in [2.75, 3.05) is 18.1 Å². The number of hydrogen-bond donors (Lipinski definition) is 2. The van der Waals surface area contributed by atoms with E-state index < -0.39 is 21.4 Å². The summed E-state index contributed by atoms with van der Waals surface area (Å²) in [7, 11) is -3.13. The van der Waals surface area contributed by atoms with Crippen LogP contribution in [0.1, 0.15) is 18.2 Å². The van der Waals surface area contributed by atoms with Crippen molar-refractivity contribution in [1.82, 2.24) is 4.98 Å². The Morgan fingerprint density at radius 2 is 2.05 bits per heavy atom. The molecule has 1 aliphatic heterocycles. The molecule has 2 aromatic rings. The Morgan fingerprint density at radius 3 is 2.71 bits per heavy atom. The van der Waals surface area contributed by atoms with E-state index in [1.807, 2.05) is 30.3 Å². The minimum atomic E-state index is -3.13. The number of pyridine rings is 1. The van der Waals surface area contributed by atoms with E-state index in [1.165, 1.54) is 0 Å². The maximum absolute atomic E-state index is 11.8. The van der Waals surface area contributed by atoms with E-state index in [4.69, 9.17) is 5.73 Å². The summed E-state index contributed by atoms with van der Waals surface area (Å²) in [6, 6.07) is 11.2. The van der Waals surface area contributed by atoms with Gasteiger partial charge in [0, 0.05) is 17.3 Å². The average Bonchev–Trinajstić information content (AvgIpc) is 2.82. The lowest BCUT2D eigenvalue weighted by Crippen LogP contribution is -2.38. The third-order valence-corrected chi connectivity index (χ3v) is 6.15. The number of para-hydroxylation sites is 1. The number of benzene rings is 1. The molecule has 1 fully saturated rings. The first-order valence-electron chi connectivity index (χ1n) is 6.90. The number of nitrogens with two attached hydrogens (primary N) is 1. The van der Waals surface area contributed by atoms with Gasteiger partial charge in [-0.3, -0.25) is 4.98 Å². The number of aromatic nitrogens is 1. The first-order valence-corrected chi connectivity index (χ1v) is 8.72. The molecule has 1 aliphatic rings. The Kier molecular flexibility index (Phi) is 3.47. The highest BCUT2D eigenvalue weighted by molar-refractivity contribution is 7.91. The molecule has 5 nitrogen and oxygen atoms in total. The van der Waals surface area contributed by atoms with Crippen LogP contribution >= 0.6 is 0 Å². The second kappa shape index (κ2) is 5.05. The Morgan fingerprint density at radius 1 is 1.29 bits per heavy atom. The van der Waals surface area contributed by atoms with Crippen molar-refractivity contribution >= 4 is 20.7 Å². The molecular weight excluding hydrogens is 288 g/mol. The van der Waals surface area contributed by atoms with Crippen LogP contribution in [0.3, 0.4) is 0 Å². The lowest BCUT2D eigenvalue weighted by Gasteiger charge is -2.31. The van der Waals surface area contributed by atoms with Crippen molar-refractivity contribution < 1.29 is 13.5 Å². The minimum Gasteiger partial charge on any atom is -0.386 e. The molecule has 2 atom stereocenters. The first-order chi connectivity index (χ1) is 9.96. The molecule has 3 N–H and O–H groups in total. The number of nitrogens with zero attached hydrogens (tertiary/aromatic N) is 1. The lowest BCUT2D eigenvalue weighted by molar-refractivity contribution is 0.0439. The maximum atomic E-state index is 11.8. The number of aliphatic hydroxyl groups is 1. The van der Waals surface area contributed by atoms with Crippen LogP contribution in [0.4, 0.5) is 0 Å². The fraction of sp³-hybridized carbons (Fsp3) is 0.400. The molecule has 0 spiro atoms. The second-order valence-electron chi connectivity index (χ2n) is 5.74. The number of hydrogen-bond acceptors (Lipinski definition) is 5. The third kappa shape index (κ3) is 2.54. The van der Waals surface area contributed by atoms with Gasteiger partial charge in [-0.15, -0.1) is 0 Å². The summed E-state index contributed by atoms with van der Waals surface area (Å²) >= 11 is 0. The van der Waals surface area contributed by atoms with Gasteiger partial charge in [-0.25, -0.2) is 8.42 Å². The normalized spacial score (nSPS) is 26.0. The fourth-order valence-electron chi connectivity index (χ4n) is 2.98. The van der Waals surface area contributed by atoms with E-state index in [2.05, 4.69) is 4.98 Å². The maximum Gasteiger partial charge on any atom is 0.151 e. The van der Waals surface area contributed by atoms with Gasteiger partial charge in [0.15, 0.2) is 9.84 Å². The Hall–Kier alpha value is -1.50. The molecule has 0 radical (unpaired) electrons. The van der Waals surface area contributed by atoms with Crippen molar-refractivity contribution in [3.8, 4) is 0 Å². The van der Waals surface area contributed by atoms with Gasteiger partial charge in [-0.1, -0.05) is 24.3 Å². The zero-order valence-corrected chi connectivity index (χ0v) is 12.4. The Bertz CT molecular complexity index is 775. The van der Waals surface area contributed by atoms with Crippen LogP contribution in [0.15, 0.2) is 36.4 Å². The summed E-state index contributed by atoms with van der Waals surface area (Å²) in [6.07, 6.45) is -0.592. The van der Waals surface area contributed by atoms with E-state index in [0.717, 1.165) is 10.9 Å². The van der Waals surface area contributed by atoms with E-state index >= 15 is 0 Å². The van der Waals surface area contributed by atoms with E-state index in [0.29, 0.717) is 12.1 Å². The summed E-state index contributed by atoms with van der Waals surface area (Å²) < 4.78 is 23.5. The van der Waals surface area contributed by atoms with Crippen LogP contribution in [0.5, 0.6) is 0 Å². The predicted molar refractivity (Wildman–Crippen MR) is 81.5 cm³/mol. The molecule has 21 heavy (non-hydrogen) atoms. The summed E-state index contributed by atoms with van der Waals surface area (Å²) in [6.45, 7) is 0.127. The molecule has 0 saturated carbocycles. The van der Waals surface area contributed by atoms with Gasteiger partial charge in [0.05, 0.1) is 22.7 Å². The molecule has 0 aliphatic carbocycles. The fourth-order valence-corrected chi connectivity index (χ4v) is 5.14. The summed E-state index contributed by atoms with van der Waals surface area (Å²) in [5, 5.41) is 11.6. The SMILES string of the molecule is NCC1(C(O)c2ccc3ccccc3n2)CCS(=O)(=O)C1. The van der Waals surface area contributed by atoms with E-state index in [1.54, 1.807) is 6.07 Å². The smallest absolute Gasteiger partial charge is 0.151 e. The second-order valence-corrected chi connectivity index (χ2v) is 7.92. The molecule has 6 heteroatoms. The van der Waals surface area contributed by atoms with E-state index in [-0.39, 0.29) is 18.1 Å². The zero-order valence-electron chi connectivity index (χ0n) is 11.6. The largest absolute Gasteiger partial charge is 0.386 e. The van der Waals surface area contributed by atoms with Crippen molar-refractivity contribution in [3.05, 3.63) is 42.1 Å². The molecule has 0 bridgehead atoms. The highest BCUT2D eigenvalue weighted by Gasteiger charge is 2.47. The lowest BCUT2D eigenvalue weighted by atomic mass is 9.80. The van der Waals surface area contributed by atoms with Crippen molar-refractivity contribution in [3.63, 3.8) is 0 Å². The van der Waals surface area contributed by atoms with Crippen molar-refractivity contribution in [1.29, 1.82) is 0 Å². The number of sulfone groups is 1. The molecular formula is C15H18N2O3S. The van der Waals surface area contributed by atoms with Crippen molar-refractivity contribution in [2.24, 2.45) is 11.1 Å². The van der Waals surface area contributed by atoms with Gasteiger partial charge < -0.3 is 10.8 Å². The summed E-state index contributed by atoms with van der Waals surface area (Å²) in [4.78, 5) is 4.46. The number of fused-ring (bicyclic) bond motifs is 1. The van der Waals surface area contributed by atoms with Gasteiger partial charge in [-0.2, -0.15) is 0 Å². The molecule has 2 unspecified atom stereocenters. The molecule has 3 rings (SSSR count). The van der Waals surface area contributed by atoms with Crippen LogP contribution < -0.4 is 5.73 Å². The highest BCUT2D eigenvalue weighted by Crippen LogP contribution is 2.42. The minimum absolute atomic E-state index is 0.0772. The van der Waals surface area contributed by atoms with E-state index in [9.17, 15) is 13.5 Å². The van der Waals surface area contributed by atoms with Gasteiger partial charge in [-0.05, 0) is 18.6 Å². The Labute approximate surface area is 123 Å². The number of aliphatic hydroxyl groups excluding tert-OH is 1. The molecule has 112 valence electrons. The molecule has 1 aromatic heterocycles. The van der Waals surface area contributed by atoms with Gasteiger partial charge in [0.2, 0.25) is 0 Å². The topological polar surface area (TPSA) is 93.3 Å². The number of rotatable bonds is 3. The van der Waals surface area contributed by atoms with Crippen LogP contribution in [-0.2, 0) is 9.84 Å². The van der Waals surface area contributed by atoms with Crippen LogP contribution in [0.2, 0.25) is 0 Å². The molecule has 2 heterocycles. The highest BCUT2D eigenvalue weighted by atomic mass is 32.2. The quantitative estimate of drug-likeness (QED) is 0.883. The molecule has 0 amide bonds. The molecule has 1 saturated heterocycles. The third-order valence-electron chi connectivity index (χ3n) is 4.31. The van der Waals surface area contributed by atoms with Crippen molar-refractivity contribution in [2.45, 2.75) is 12.5 Å². The van der Waals surface area contributed by atoms with Crippen LogP contribution in [-0.4, -0.2) is 36.6 Å². The monoisotopic (exact) mass is 306 g/mol.